The fourth-order valence-electron chi connectivity index (χ4n) is 4.74. The predicted molar refractivity (Wildman–Crippen MR) is 106 cm³/mol. The van der Waals surface area contributed by atoms with Gasteiger partial charge in [-0.2, -0.15) is 0 Å². The summed E-state index contributed by atoms with van der Waals surface area (Å²) >= 11 is 1.90. The average molecular weight is 364 g/mol. The molecule has 0 radical (unpaired) electrons. The summed E-state index contributed by atoms with van der Waals surface area (Å²) in [5, 5.41) is 1.16. The summed E-state index contributed by atoms with van der Waals surface area (Å²) in [7, 11) is 0. The lowest BCUT2D eigenvalue weighted by Gasteiger charge is -2.36. The van der Waals surface area contributed by atoms with Gasteiger partial charge < -0.3 is 0 Å². The minimum atomic E-state index is -0.117. The topological polar surface area (TPSA) is 30.0 Å². The van der Waals surface area contributed by atoms with Crippen molar-refractivity contribution in [2.24, 2.45) is 11.3 Å². The van der Waals surface area contributed by atoms with Crippen molar-refractivity contribution in [1.29, 1.82) is 0 Å². The lowest BCUT2D eigenvalue weighted by Crippen LogP contribution is -2.32. The van der Waals surface area contributed by atoms with Crippen LogP contribution in [0.2, 0.25) is 0 Å². The van der Waals surface area contributed by atoms with E-state index in [-0.39, 0.29) is 5.41 Å². The normalized spacial score (nSPS) is 27.7. The average Bonchev–Trinajstić information content (AvgIpc) is 3.48. The Balaban J connectivity index is 1.24. The minimum Gasteiger partial charge on any atom is -0.294 e. The number of ketones is 1. The van der Waals surface area contributed by atoms with Crippen LogP contribution in [0.1, 0.15) is 65.9 Å². The van der Waals surface area contributed by atoms with E-state index in [0.717, 1.165) is 48.6 Å². The van der Waals surface area contributed by atoms with Crippen LogP contribution in [0, 0.1) is 11.3 Å². The van der Waals surface area contributed by atoms with Crippen LogP contribution >= 0.6 is 11.8 Å². The number of benzene rings is 1. The van der Waals surface area contributed by atoms with Crippen molar-refractivity contribution in [2.75, 3.05) is 5.75 Å². The fourth-order valence-corrected chi connectivity index (χ4v) is 5.77. The van der Waals surface area contributed by atoms with Crippen molar-refractivity contribution in [2.45, 2.75) is 55.9 Å². The van der Waals surface area contributed by atoms with Crippen LogP contribution in [0.4, 0.5) is 0 Å². The van der Waals surface area contributed by atoms with Crippen molar-refractivity contribution >= 4 is 17.5 Å². The highest BCUT2D eigenvalue weighted by molar-refractivity contribution is 7.99. The van der Waals surface area contributed by atoms with Crippen molar-refractivity contribution in [1.82, 2.24) is 4.98 Å². The van der Waals surface area contributed by atoms with Gasteiger partial charge in [-0.25, -0.2) is 4.98 Å². The summed E-state index contributed by atoms with van der Waals surface area (Å²) in [5.74, 6) is 3.12. The summed E-state index contributed by atoms with van der Waals surface area (Å²) in [6.45, 7) is 0. The zero-order valence-electron chi connectivity index (χ0n) is 15.1. The Hall–Kier alpha value is -1.61. The van der Waals surface area contributed by atoms with Gasteiger partial charge in [0.1, 0.15) is 0 Å². The molecule has 0 unspecified atom stereocenters. The summed E-state index contributed by atoms with van der Waals surface area (Å²) in [6.07, 6.45) is 10.1. The van der Waals surface area contributed by atoms with Gasteiger partial charge in [-0.15, -0.1) is 11.8 Å². The van der Waals surface area contributed by atoms with E-state index >= 15 is 0 Å². The summed E-state index contributed by atoms with van der Waals surface area (Å²) in [5.41, 5.74) is 3.48. The van der Waals surface area contributed by atoms with Gasteiger partial charge in [0.05, 0.1) is 5.03 Å². The number of rotatable bonds is 4. The van der Waals surface area contributed by atoms with E-state index in [1.807, 2.05) is 23.9 Å². The van der Waals surface area contributed by atoms with Gasteiger partial charge in [0, 0.05) is 22.9 Å². The zero-order valence-corrected chi connectivity index (χ0v) is 15.9. The maximum absolute atomic E-state index is 13.0. The number of aromatic nitrogens is 1. The number of carbonyl (C=O) groups excluding carboxylic acids is 1. The molecule has 3 heteroatoms. The Morgan fingerprint density at radius 1 is 1.04 bits per heavy atom. The highest BCUT2D eigenvalue weighted by Gasteiger charge is 2.47. The fraction of sp³-hybridized carbons (Fsp3) is 0.478. The molecule has 1 aromatic heterocycles. The van der Waals surface area contributed by atoms with Crippen molar-refractivity contribution in [3.05, 3.63) is 59.3 Å². The third-order valence-electron chi connectivity index (χ3n) is 6.61. The number of nitrogens with zero attached hydrogens (tertiary/aromatic N) is 1. The summed E-state index contributed by atoms with van der Waals surface area (Å²) in [6, 6.07) is 12.7. The second-order valence-corrected chi connectivity index (χ2v) is 9.44. The predicted octanol–water partition coefficient (Wildman–Crippen LogP) is 5.67. The minimum absolute atomic E-state index is 0.117. The number of hydrogen-bond acceptors (Lipinski definition) is 3. The molecule has 0 saturated heterocycles. The van der Waals surface area contributed by atoms with E-state index in [1.165, 1.54) is 29.7 Å². The third kappa shape index (κ3) is 3.00. The number of Topliss-reactive ketones (excluding diaryl/α,β-unsaturated/α-hetero) is 1. The Labute approximate surface area is 159 Å². The molecule has 2 saturated carbocycles. The number of pyridine rings is 1. The zero-order chi connectivity index (χ0) is 17.6. The van der Waals surface area contributed by atoms with Gasteiger partial charge in [-0.1, -0.05) is 30.3 Å². The molecule has 0 atom stereocenters. The first-order chi connectivity index (χ1) is 12.7. The Bertz CT molecular complexity index is 816. The van der Waals surface area contributed by atoms with Gasteiger partial charge in [-0.05, 0) is 74.0 Å². The second-order valence-electron chi connectivity index (χ2n) is 8.40. The lowest BCUT2D eigenvalue weighted by atomic mass is 9.67. The quantitative estimate of drug-likeness (QED) is 0.656. The molecule has 2 aromatic rings. The molecular formula is C23H25NOS. The van der Waals surface area contributed by atoms with Gasteiger partial charge in [0.2, 0.25) is 0 Å². The molecule has 1 aromatic carbocycles. The first kappa shape index (κ1) is 16.6. The monoisotopic (exact) mass is 363 g/mol. The van der Waals surface area contributed by atoms with Crippen LogP contribution < -0.4 is 0 Å². The first-order valence-corrected chi connectivity index (χ1v) is 10.9. The van der Waals surface area contributed by atoms with Crippen LogP contribution in [-0.2, 0) is 6.42 Å². The first-order valence-electron chi connectivity index (χ1n) is 9.95. The SMILES string of the molecule is O=C1c2ccccc2C[C@]12CC[C@H](c1ccc(SCC3CC3)nc1)CC2. The second kappa shape index (κ2) is 6.53. The molecule has 0 aliphatic heterocycles. The van der Waals surface area contributed by atoms with E-state index in [9.17, 15) is 4.79 Å². The van der Waals surface area contributed by atoms with Crippen molar-refractivity contribution in [3.63, 3.8) is 0 Å². The molecule has 0 amide bonds. The number of carbonyl (C=O) groups is 1. The molecule has 2 fully saturated rings. The summed E-state index contributed by atoms with van der Waals surface area (Å²) < 4.78 is 0. The number of thioether (sulfide) groups is 1. The Kier molecular flexibility index (Phi) is 4.16. The number of fused-ring (bicyclic) bond motifs is 1. The third-order valence-corrected chi connectivity index (χ3v) is 7.79. The van der Waals surface area contributed by atoms with Crippen LogP contribution in [0.15, 0.2) is 47.6 Å². The largest absolute Gasteiger partial charge is 0.294 e. The lowest BCUT2D eigenvalue weighted by molar-refractivity contribution is 0.0734. The van der Waals surface area contributed by atoms with E-state index in [1.54, 1.807) is 0 Å². The maximum atomic E-state index is 13.0. The van der Waals surface area contributed by atoms with Crippen LogP contribution in [0.25, 0.3) is 0 Å². The molecule has 26 heavy (non-hydrogen) atoms. The summed E-state index contributed by atoms with van der Waals surface area (Å²) in [4.78, 5) is 17.7. The highest BCUT2D eigenvalue weighted by Crippen LogP contribution is 2.50. The molecule has 134 valence electrons. The molecule has 1 heterocycles. The van der Waals surface area contributed by atoms with Crippen LogP contribution in [0.5, 0.6) is 0 Å². The molecule has 3 aliphatic rings. The van der Waals surface area contributed by atoms with E-state index in [4.69, 9.17) is 0 Å². The molecule has 5 rings (SSSR count). The number of hydrogen-bond donors (Lipinski definition) is 0. The Morgan fingerprint density at radius 2 is 1.85 bits per heavy atom. The van der Waals surface area contributed by atoms with Gasteiger partial charge >= 0.3 is 0 Å². The van der Waals surface area contributed by atoms with Crippen molar-refractivity contribution in [3.8, 4) is 0 Å². The molecule has 3 aliphatic carbocycles. The van der Waals surface area contributed by atoms with E-state index in [0.29, 0.717) is 11.7 Å². The van der Waals surface area contributed by atoms with Gasteiger partial charge in [-0.3, -0.25) is 4.79 Å². The van der Waals surface area contributed by atoms with Gasteiger partial charge in [0.25, 0.3) is 0 Å². The smallest absolute Gasteiger partial charge is 0.169 e. The molecule has 0 bridgehead atoms. The molecular weight excluding hydrogens is 338 g/mol. The van der Waals surface area contributed by atoms with Crippen molar-refractivity contribution < 1.29 is 4.79 Å². The highest BCUT2D eigenvalue weighted by atomic mass is 32.2. The molecule has 1 spiro atoms. The van der Waals surface area contributed by atoms with Crippen LogP contribution in [0.3, 0.4) is 0 Å². The molecule has 0 N–H and O–H groups in total. The Morgan fingerprint density at radius 3 is 2.54 bits per heavy atom. The van der Waals surface area contributed by atoms with Gasteiger partial charge in [0.15, 0.2) is 5.78 Å². The van der Waals surface area contributed by atoms with E-state index in [2.05, 4.69) is 35.4 Å². The standard InChI is InChI=1S/C23H25NOS/c25-22-20-4-2-1-3-18(20)13-23(22)11-9-17(10-12-23)19-7-8-21(24-14-19)26-15-16-5-6-16/h1-4,7-8,14,16-17H,5-6,9-13,15H2/t17-,23+. The van der Waals surface area contributed by atoms with Crippen LogP contribution in [-0.4, -0.2) is 16.5 Å². The molecule has 2 nitrogen and oxygen atoms in total. The maximum Gasteiger partial charge on any atom is 0.169 e. The van der Waals surface area contributed by atoms with E-state index < -0.39 is 0 Å².